The van der Waals surface area contributed by atoms with Crippen LogP contribution in [0.1, 0.15) is 24.0 Å². The SMILES string of the molecule is N#C/C(=C\c1ccccc1C(F)(F)F)C(=O)N1CCCC1. The highest BCUT2D eigenvalue weighted by Gasteiger charge is 2.33. The van der Waals surface area contributed by atoms with Crippen LogP contribution in [0.15, 0.2) is 29.8 Å². The number of likely N-dealkylation sites (tertiary alicyclic amines) is 1. The molecule has 1 aliphatic rings. The molecule has 1 aliphatic heterocycles. The number of amides is 1. The molecule has 0 bridgehead atoms. The van der Waals surface area contributed by atoms with E-state index in [1.165, 1.54) is 23.1 Å². The number of benzene rings is 1. The van der Waals surface area contributed by atoms with Crippen molar-refractivity contribution in [2.45, 2.75) is 19.0 Å². The molecular weight excluding hydrogens is 281 g/mol. The van der Waals surface area contributed by atoms with Gasteiger partial charge in [0, 0.05) is 13.1 Å². The second kappa shape index (κ2) is 6.00. The molecule has 0 saturated carbocycles. The van der Waals surface area contributed by atoms with Gasteiger partial charge in [-0.25, -0.2) is 0 Å². The zero-order valence-electron chi connectivity index (χ0n) is 11.2. The van der Waals surface area contributed by atoms with Crippen LogP contribution in [-0.2, 0) is 11.0 Å². The number of rotatable bonds is 2. The van der Waals surface area contributed by atoms with Gasteiger partial charge in [0.15, 0.2) is 0 Å². The standard InChI is InChI=1S/C15H13F3N2O/c16-15(17,18)13-6-2-1-5-11(13)9-12(10-19)14(21)20-7-3-4-8-20/h1-2,5-6,9H,3-4,7-8H2/b12-9+. The van der Waals surface area contributed by atoms with Gasteiger partial charge in [-0.2, -0.15) is 18.4 Å². The van der Waals surface area contributed by atoms with Crippen LogP contribution in [0.4, 0.5) is 13.2 Å². The molecule has 110 valence electrons. The van der Waals surface area contributed by atoms with Crippen molar-refractivity contribution in [1.29, 1.82) is 5.26 Å². The van der Waals surface area contributed by atoms with Crippen molar-refractivity contribution in [3.05, 3.63) is 41.0 Å². The lowest BCUT2D eigenvalue weighted by Gasteiger charge is -2.15. The van der Waals surface area contributed by atoms with Gasteiger partial charge in [-0.05, 0) is 30.5 Å². The van der Waals surface area contributed by atoms with Crippen LogP contribution in [0.2, 0.25) is 0 Å². The first-order chi connectivity index (χ1) is 9.93. The topological polar surface area (TPSA) is 44.1 Å². The lowest BCUT2D eigenvalue weighted by atomic mass is 10.0. The molecule has 0 atom stereocenters. The first-order valence-electron chi connectivity index (χ1n) is 6.51. The molecule has 1 aromatic rings. The van der Waals surface area contributed by atoms with Gasteiger partial charge in [-0.15, -0.1) is 0 Å². The summed E-state index contributed by atoms with van der Waals surface area (Å²) in [5.74, 6) is -0.507. The Labute approximate surface area is 120 Å². The predicted molar refractivity (Wildman–Crippen MR) is 70.8 cm³/mol. The van der Waals surface area contributed by atoms with Crippen molar-refractivity contribution in [1.82, 2.24) is 4.90 Å². The highest BCUT2D eigenvalue weighted by Crippen LogP contribution is 2.32. The van der Waals surface area contributed by atoms with E-state index in [4.69, 9.17) is 5.26 Å². The average Bonchev–Trinajstić information content (AvgIpc) is 2.97. The van der Waals surface area contributed by atoms with Crippen molar-refractivity contribution in [2.75, 3.05) is 13.1 Å². The Bertz CT molecular complexity index is 608. The van der Waals surface area contributed by atoms with E-state index in [0.29, 0.717) is 13.1 Å². The van der Waals surface area contributed by atoms with Crippen molar-refractivity contribution in [2.24, 2.45) is 0 Å². The zero-order chi connectivity index (χ0) is 15.5. The quantitative estimate of drug-likeness (QED) is 0.621. The van der Waals surface area contributed by atoms with E-state index in [9.17, 15) is 18.0 Å². The average molecular weight is 294 g/mol. The molecule has 0 aromatic heterocycles. The normalized spacial score (nSPS) is 15.9. The molecule has 0 radical (unpaired) electrons. The fourth-order valence-electron chi connectivity index (χ4n) is 2.27. The van der Waals surface area contributed by atoms with Gasteiger partial charge >= 0.3 is 6.18 Å². The van der Waals surface area contributed by atoms with Gasteiger partial charge in [0.25, 0.3) is 5.91 Å². The minimum atomic E-state index is -4.52. The van der Waals surface area contributed by atoms with E-state index in [0.717, 1.165) is 25.0 Å². The molecule has 0 spiro atoms. The zero-order valence-corrected chi connectivity index (χ0v) is 11.2. The monoisotopic (exact) mass is 294 g/mol. The van der Waals surface area contributed by atoms with Crippen LogP contribution in [-0.4, -0.2) is 23.9 Å². The predicted octanol–water partition coefficient (Wildman–Crippen LogP) is 3.23. The molecule has 2 rings (SSSR count). The molecule has 1 saturated heterocycles. The van der Waals surface area contributed by atoms with E-state index in [1.807, 2.05) is 0 Å². The summed E-state index contributed by atoms with van der Waals surface area (Å²) in [5, 5.41) is 9.06. The minimum absolute atomic E-state index is 0.172. The van der Waals surface area contributed by atoms with Gasteiger partial charge in [0.05, 0.1) is 5.56 Å². The van der Waals surface area contributed by atoms with E-state index in [-0.39, 0.29) is 11.1 Å². The van der Waals surface area contributed by atoms with Gasteiger partial charge in [0.1, 0.15) is 11.6 Å². The van der Waals surface area contributed by atoms with Crippen LogP contribution in [0.5, 0.6) is 0 Å². The van der Waals surface area contributed by atoms with Crippen molar-refractivity contribution in [3.63, 3.8) is 0 Å². The first-order valence-corrected chi connectivity index (χ1v) is 6.51. The summed E-state index contributed by atoms with van der Waals surface area (Å²) in [4.78, 5) is 13.6. The molecule has 0 N–H and O–H groups in total. The first kappa shape index (κ1) is 15.1. The number of carbonyl (C=O) groups excluding carboxylic acids is 1. The number of halogens is 3. The molecule has 3 nitrogen and oxygen atoms in total. The summed E-state index contributed by atoms with van der Waals surface area (Å²) in [6.45, 7) is 1.08. The van der Waals surface area contributed by atoms with E-state index in [1.54, 1.807) is 6.07 Å². The van der Waals surface area contributed by atoms with Gasteiger partial charge in [0.2, 0.25) is 0 Å². The number of nitriles is 1. The summed E-state index contributed by atoms with van der Waals surface area (Å²) in [6.07, 6.45) is -1.80. The third-order valence-corrected chi connectivity index (χ3v) is 3.31. The van der Waals surface area contributed by atoms with Crippen LogP contribution in [0.25, 0.3) is 6.08 Å². The highest BCUT2D eigenvalue weighted by atomic mass is 19.4. The molecule has 21 heavy (non-hydrogen) atoms. The third kappa shape index (κ3) is 3.43. The molecule has 6 heteroatoms. The van der Waals surface area contributed by atoms with Crippen molar-refractivity contribution >= 4 is 12.0 Å². The van der Waals surface area contributed by atoms with Gasteiger partial charge in [-0.3, -0.25) is 4.79 Å². The second-order valence-corrected chi connectivity index (χ2v) is 4.75. The molecule has 1 amide bonds. The number of hydrogen-bond acceptors (Lipinski definition) is 2. The fourth-order valence-corrected chi connectivity index (χ4v) is 2.27. The maximum atomic E-state index is 12.9. The molecule has 1 aromatic carbocycles. The molecule has 0 unspecified atom stereocenters. The number of hydrogen-bond donors (Lipinski definition) is 0. The maximum Gasteiger partial charge on any atom is 0.416 e. The molecule has 1 heterocycles. The number of nitrogens with zero attached hydrogens (tertiary/aromatic N) is 2. The summed E-state index contributed by atoms with van der Waals surface area (Å²) < 4.78 is 38.7. The lowest BCUT2D eigenvalue weighted by Crippen LogP contribution is -2.28. The Balaban J connectivity index is 2.37. The van der Waals surface area contributed by atoms with Gasteiger partial charge < -0.3 is 4.90 Å². The largest absolute Gasteiger partial charge is 0.416 e. The Kier molecular flexibility index (Phi) is 4.32. The van der Waals surface area contributed by atoms with Crippen LogP contribution in [0, 0.1) is 11.3 Å². The summed E-state index contributed by atoms with van der Waals surface area (Å²) >= 11 is 0. The fraction of sp³-hybridized carbons (Fsp3) is 0.333. The summed E-state index contributed by atoms with van der Waals surface area (Å²) in [6, 6.07) is 6.60. The van der Waals surface area contributed by atoms with E-state index >= 15 is 0 Å². The number of alkyl halides is 3. The molecular formula is C15H13F3N2O. The molecule has 1 fully saturated rings. The van der Waals surface area contributed by atoms with Crippen molar-refractivity contribution < 1.29 is 18.0 Å². The van der Waals surface area contributed by atoms with Crippen LogP contribution in [0.3, 0.4) is 0 Å². The number of carbonyl (C=O) groups is 1. The Hall–Kier alpha value is -2.29. The summed E-state index contributed by atoms with van der Waals surface area (Å²) in [5.41, 5.74) is -1.30. The maximum absolute atomic E-state index is 12.9. The van der Waals surface area contributed by atoms with Crippen molar-refractivity contribution in [3.8, 4) is 6.07 Å². The highest BCUT2D eigenvalue weighted by molar-refractivity contribution is 6.02. The van der Waals surface area contributed by atoms with E-state index in [2.05, 4.69) is 0 Å². The van der Waals surface area contributed by atoms with E-state index < -0.39 is 17.6 Å². The van der Waals surface area contributed by atoms with Crippen LogP contribution >= 0.6 is 0 Å². The minimum Gasteiger partial charge on any atom is -0.338 e. The smallest absolute Gasteiger partial charge is 0.338 e. The Morgan fingerprint density at radius 3 is 2.43 bits per heavy atom. The third-order valence-electron chi connectivity index (χ3n) is 3.31. The Morgan fingerprint density at radius 1 is 1.24 bits per heavy atom. The lowest BCUT2D eigenvalue weighted by molar-refractivity contribution is -0.137. The van der Waals surface area contributed by atoms with Gasteiger partial charge in [-0.1, -0.05) is 18.2 Å². The second-order valence-electron chi connectivity index (χ2n) is 4.75. The molecule has 0 aliphatic carbocycles. The summed E-state index contributed by atoms with van der Waals surface area (Å²) in [7, 11) is 0. The Morgan fingerprint density at radius 2 is 1.86 bits per heavy atom. The van der Waals surface area contributed by atoms with Crippen LogP contribution < -0.4 is 0 Å².